The van der Waals surface area contributed by atoms with E-state index in [1.807, 2.05) is 41.1 Å². The van der Waals surface area contributed by atoms with Gasteiger partial charge in [-0.05, 0) is 48.2 Å². The Morgan fingerprint density at radius 3 is 2.26 bits per heavy atom. The van der Waals surface area contributed by atoms with E-state index in [1.165, 1.54) is 5.56 Å². The molecule has 1 heterocycles. The maximum absolute atomic E-state index is 9.07. The summed E-state index contributed by atoms with van der Waals surface area (Å²) in [5.41, 5.74) is 3.87. The highest BCUT2D eigenvalue weighted by Crippen LogP contribution is 2.25. The van der Waals surface area contributed by atoms with E-state index in [-0.39, 0.29) is 6.61 Å². The predicted octanol–water partition coefficient (Wildman–Crippen LogP) is 4.46. The molecular weight excluding hydrogens is 331 g/mol. The van der Waals surface area contributed by atoms with Gasteiger partial charge in [-0.1, -0.05) is 41.4 Å². The van der Waals surface area contributed by atoms with Gasteiger partial charge in [-0.2, -0.15) is 0 Å². The van der Waals surface area contributed by atoms with Gasteiger partial charge in [0.1, 0.15) is 0 Å². The van der Waals surface area contributed by atoms with Crippen molar-refractivity contribution in [3.63, 3.8) is 0 Å². The third-order valence-corrected chi connectivity index (χ3v) is 4.47. The second-order valence-corrected chi connectivity index (χ2v) is 6.11. The lowest BCUT2D eigenvalue weighted by atomic mass is 10.0. The second-order valence-electron chi connectivity index (χ2n) is 5.30. The number of aliphatic hydroxyl groups excluding tert-OH is 1. The second kappa shape index (κ2) is 7.18. The first kappa shape index (κ1) is 16.1. The van der Waals surface area contributed by atoms with Crippen LogP contribution in [0.15, 0.2) is 55.0 Å². The molecule has 0 radical (unpaired) electrons. The molecule has 3 aromatic rings. The molecule has 1 aromatic heterocycles. The highest BCUT2D eigenvalue weighted by atomic mass is 35.5. The van der Waals surface area contributed by atoms with E-state index in [4.69, 9.17) is 28.3 Å². The van der Waals surface area contributed by atoms with Crippen molar-refractivity contribution in [2.45, 2.75) is 19.4 Å². The zero-order chi connectivity index (χ0) is 16.2. The summed E-state index contributed by atoms with van der Waals surface area (Å²) >= 11 is 12.4. The lowest BCUT2D eigenvalue weighted by Gasteiger charge is -2.08. The number of halogens is 2. The fourth-order valence-electron chi connectivity index (χ4n) is 2.46. The average molecular weight is 347 g/mol. The van der Waals surface area contributed by atoms with Crippen molar-refractivity contribution in [1.82, 2.24) is 9.55 Å². The van der Waals surface area contributed by atoms with E-state index in [2.05, 4.69) is 17.1 Å². The predicted molar refractivity (Wildman–Crippen MR) is 93.4 cm³/mol. The Morgan fingerprint density at radius 2 is 1.65 bits per heavy atom. The average Bonchev–Trinajstić information content (AvgIpc) is 3.04. The minimum absolute atomic E-state index is 0.0519. The Hall–Kier alpha value is -1.81. The molecule has 0 aliphatic heterocycles. The van der Waals surface area contributed by atoms with Crippen molar-refractivity contribution < 1.29 is 5.11 Å². The van der Waals surface area contributed by atoms with Crippen LogP contribution >= 0.6 is 23.2 Å². The Balaban J connectivity index is 1.70. The number of hydrogen-bond acceptors (Lipinski definition) is 2. The summed E-state index contributed by atoms with van der Waals surface area (Å²) in [5.74, 6) is 0. The number of aromatic nitrogens is 2. The quantitative estimate of drug-likeness (QED) is 0.740. The number of hydrogen-bond donors (Lipinski definition) is 1. The Morgan fingerprint density at radius 1 is 0.957 bits per heavy atom. The number of aryl methyl sites for hydroxylation is 1. The largest absolute Gasteiger partial charge is 0.390 e. The van der Waals surface area contributed by atoms with Crippen LogP contribution in [0.5, 0.6) is 0 Å². The third kappa shape index (κ3) is 3.75. The Bertz CT molecular complexity index is 777. The lowest BCUT2D eigenvalue weighted by Crippen LogP contribution is -1.95. The number of rotatable bonds is 5. The van der Waals surface area contributed by atoms with Gasteiger partial charge < -0.3 is 9.67 Å². The highest BCUT2D eigenvalue weighted by Gasteiger charge is 2.06. The SMILES string of the molecule is OCc1cn(-c2ccc(CCc3c(Cl)cccc3Cl)cc2)cn1. The minimum Gasteiger partial charge on any atom is -0.390 e. The van der Waals surface area contributed by atoms with E-state index in [0.29, 0.717) is 15.7 Å². The molecule has 0 atom stereocenters. The van der Waals surface area contributed by atoms with Crippen LogP contribution < -0.4 is 0 Å². The fraction of sp³-hybridized carbons (Fsp3) is 0.167. The smallest absolute Gasteiger partial charge is 0.0996 e. The van der Waals surface area contributed by atoms with Crippen molar-refractivity contribution in [3.8, 4) is 5.69 Å². The van der Waals surface area contributed by atoms with Gasteiger partial charge in [-0.15, -0.1) is 0 Å². The van der Waals surface area contributed by atoms with Crippen LogP contribution in [0.2, 0.25) is 10.0 Å². The van der Waals surface area contributed by atoms with Gasteiger partial charge in [0, 0.05) is 21.9 Å². The highest BCUT2D eigenvalue weighted by molar-refractivity contribution is 6.35. The van der Waals surface area contributed by atoms with Crippen LogP contribution in [0.4, 0.5) is 0 Å². The first-order chi connectivity index (χ1) is 11.2. The van der Waals surface area contributed by atoms with Crippen molar-refractivity contribution in [3.05, 3.63) is 81.9 Å². The molecule has 2 aromatic carbocycles. The van der Waals surface area contributed by atoms with Gasteiger partial charge >= 0.3 is 0 Å². The molecule has 0 spiro atoms. The zero-order valence-electron chi connectivity index (χ0n) is 12.4. The molecule has 0 unspecified atom stereocenters. The van der Waals surface area contributed by atoms with Gasteiger partial charge in [0.05, 0.1) is 18.6 Å². The van der Waals surface area contributed by atoms with E-state index in [1.54, 1.807) is 6.33 Å². The van der Waals surface area contributed by atoms with Crippen LogP contribution in [-0.2, 0) is 19.4 Å². The van der Waals surface area contributed by atoms with Gasteiger partial charge in [-0.3, -0.25) is 0 Å². The van der Waals surface area contributed by atoms with Crippen molar-refractivity contribution >= 4 is 23.2 Å². The van der Waals surface area contributed by atoms with Crippen molar-refractivity contribution in [2.24, 2.45) is 0 Å². The molecule has 0 amide bonds. The van der Waals surface area contributed by atoms with E-state index >= 15 is 0 Å². The van der Waals surface area contributed by atoms with Crippen molar-refractivity contribution in [2.75, 3.05) is 0 Å². The monoisotopic (exact) mass is 346 g/mol. The van der Waals surface area contributed by atoms with Gasteiger partial charge in [0.25, 0.3) is 0 Å². The molecule has 3 rings (SSSR count). The van der Waals surface area contributed by atoms with E-state index < -0.39 is 0 Å². The lowest BCUT2D eigenvalue weighted by molar-refractivity contribution is 0.277. The summed E-state index contributed by atoms with van der Waals surface area (Å²) < 4.78 is 1.89. The van der Waals surface area contributed by atoms with Crippen LogP contribution in [0.25, 0.3) is 5.69 Å². The summed E-state index contributed by atoms with van der Waals surface area (Å²) in [5, 5.41) is 10.5. The third-order valence-electron chi connectivity index (χ3n) is 3.76. The molecule has 0 bridgehead atoms. The molecule has 1 N–H and O–H groups in total. The molecule has 118 valence electrons. The minimum atomic E-state index is -0.0519. The molecule has 0 fully saturated rings. The van der Waals surface area contributed by atoms with Gasteiger partial charge in [0.2, 0.25) is 0 Å². The number of imidazole rings is 1. The van der Waals surface area contributed by atoms with Gasteiger partial charge in [-0.25, -0.2) is 4.98 Å². The first-order valence-electron chi connectivity index (χ1n) is 7.33. The van der Waals surface area contributed by atoms with Crippen LogP contribution in [0, 0.1) is 0 Å². The molecule has 3 nitrogen and oxygen atoms in total. The van der Waals surface area contributed by atoms with Gasteiger partial charge in [0.15, 0.2) is 0 Å². The Kier molecular flexibility index (Phi) is 5.01. The van der Waals surface area contributed by atoms with E-state index in [0.717, 1.165) is 24.1 Å². The summed E-state index contributed by atoms with van der Waals surface area (Å²) in [4.78, 5) is 4.11. The summed E-state index contributed by atoms with van der Waals surface area (Å²) in [6.07, 6.45) is 5.19. The number of benzene rings is 2. The molecule has 0 aliphatic rings. The van der Waals surface area contributed by atoms with Crippen LogP contribution in [0.3, 0.4) is 0 Å². The summed E-state index contributed by atoms with van der Waals surface area (Å²) in [6, 6.07) is 13.8. The molecule has 5 heteroatoms. The first-order valence-corrected chi connectivity index (χ1v) is 8.09. The normalized spacial score (nSPS) is 10.9. The standard InChI is InChI=1S/C18H16Cl2N2O/c19-17-2-1-3-18(20)16(17)9-6-13-4-7-15(8-5-13)22-10-14(11-23)21-12-22/h1-5,7-8,10,12,23H,6,9,11H2. The maximum atomic E-state index is 9.07. The van der Waals surface area contributed by atoms with Crippen LogP contribution in [0.1, 0.15) is 16.8 Å². The zero-order valence-corrected chi connectivity index (χ0v) is 13.9. The molecular formula is C18H16Cl2N2O. The molecule has 0 saturated carbocycles. The summed E-state index contributed by atoms with van der Waals surface area (Å²) in [7, 11) is 0. The van der Waals surface area contributed by atoms with Crippen LogP contribution in [-0.4, -0.2) is 14.7 Å². The van der Waals surface area contributed by atoms with Crippen molar-refractivity contribution in [1.29, 1.82) is 0 Å². The molecule has 0 saturated heterocycles. The molecule has 0 aliphatic carbocycles. The topological polar surface area (TPSA) is 38.0 Å². The van der Waals surface area contributed by atoms with E-state index in [9.17, 15) is 0 Å². The number of aliphatic hydroxyl groups is 1. The summed E-state index contributed by atoms with van der Waals surface area (Å²) in [6.45, 7) is -0.0519. The molecule has 23 heavy (non-hydrogen) atoms. The number of nitrogens with zero attached hydrogens (tertiary/aromatic N) is 2. The Labute approximate surface area is 145 Å². The fourth-order valence-corrected chi connectivity index (χ4v) is 3.05. The maximum Gasteiger partial charge on any atom is 0.0996 e.